The second kappa shape index (κ2) is 5.00. The first-order valence-corrected chi connectivity index (χ1v) is 5.64. The number of thioether (sulfide) groups is 1. The topological polar surface area (TPSA) is 37.3 Å². The van der Waals surface area contributed by atoms with E-state index in [2.05, 4.69) is 0 Å². The van der Waals surface area contributed by atoms with Gasteiger partial charge >= 0.3 is 11.5 Å². The monoisotopic (exact) mass is 264 g/mol. The molecule has 0 aliphatic rings. The third-order valence-electron chi connectivity index (χ3n) is 2.08. The quantitative estimate of drug-likeness (QED) is 0.834. The van der Waals surface area contributed by atoms with Crippen molar-refractivity contribution in [3.8, 4) is 0 Å². The fourth-order valence-electron chi connectivity index (χ4n) is 1.27. The predicted octanol–water partition coefficient (Wildman–Crippen LogP) is 4.12. The molecular formula is C11H11F3O2S. The van der Waals surface area contributed by atoms with Gasteiger partial charge in [-0.2, -0.15) is 13.2 Å². The molecule has 0 heterocycles. The van der Waals surface area contributed by atoms with Crippen LogP contribution in [-0.4, -0.2) is 16.6 Å². The van der Waals surface area contributed by atoms with Crippen LogP contribution in [0.25, 0.3) is 0 Å². The van der Waals surface area contributed by atoms with Crippen LogP contribution < -0.4 is 0 Å². The lowest BCUT2D eigenvalue weighted by Crippen LogP contribution is -2.03. The molecule has 0 unspecified atom stereocenters. The van der Waals surface area contributed by atoms with E-state index < -0.39 is 11.5 Å². The summed E-state index contributed by atoms with van der Waals surface area (Å²) in [7, 11) is 0. The molecule has 1 aromatic rings. The van der Waals surface area contributed by atoms with Gasteiger partial charge in [0.15, 0.2) is 0 Å². The summed E-state index contributed by atoms with van der Waals surface area (Å²) >= 11 is -0.299. The van der Waals surface area contributed by atoms with Crippen LogP contribution in [0.4, 0.5) is 13.2 Å². The highest BCUT2D eigenvalue weighted by atomic mass is 32.2. The van der Waals surface area contributed by atoms with Gasteiger partial charge in [-0.1, -0.05) is 13.8 Å². The Bertz CT molecular complexity index is 427. The molecule has 0 fully saturated rings. The minimum atomic E-state index is -4.41. The molecule has 0 aliphatic heterocycles. The van der Waals surface area contributed by atoms with Crippen LogP contribution >= 0.6 is 11.8 Å². The van der Waals surface area contributed by atoms with Gasteiger partial charge in [-0.05, 0) is 41.4 Å². The third kappa shape index (κ3) is 4.30. The minimum absolute atomic E-state index is 0.0260. The summed E-state index contributed by atoms with van der Waals surface area (Å²) in [4.78, 5) is 10.7. The Morgan fingerprint density at radius 2 is 1.88 bits per heavy atom. The lowest BCUT2D eigenvalue weighted by atomic mass is 10.0. The van der Waals surface area contributed by atoms with E-state index in [9.17, 15) is 18.0 Å². The van der Waals surface area contributed by atoms with Crippen molar-refractivity contribution in [1.29, 1.82) is 0 Å². The minimum Gasteiger partial charge on any atom is -0.478 e. The molecule has 0 bridgehead atoms. The molecule has 0 saturated carbocycles. The van der Waals surface area contributed by atoms with Crippen LogP contribution in [0.1, 0.15) is 35.7 Å². The van der Waals surface area contributed by atoms with Crippen LogP contribution in [-0.2, 0) is 0 Å². The number of halogens is 3. The molecule has 94 valence electrons. The SMILES string of the molecule is CC(C)c1cc(SC(F)(F)F)cc(C(=O)O)c1. The summed E-state index contributed by atoms with van der Waals surface area (Å²) in [5.74, 6) is -1.25. The second-order valence-electron chi connectivity index (χ2n) is 3.80. The van der Waals surface area contributed by atoms with E-state index >= 15 is 0 Å². The van der Waals surface area contributed by atoms with Crippen LogP contribution in [0.3, 0.4) is 0 Å². The zero-order valence-corrected chi connectivity index (χ0v) is 10.0. The van der Waals surface area contributed by atoms with Gasteiger partial charge in [-0.15, -0.1) is 0 Å². The van der Waals surface area contributed by atoms with Crippen molar-refractivity contribution < 1.29 is 23.1 Å². The summed E-state index contributed by atoms with van der Waals surface area (Å²) < 4.78 is 36.7. The lowest BCUT2D eigenvalue weighted by molar-refractivity contribution is -0.0328. The summed E-state index contributed by atoms with van der Waals surface area (Å²) in [5, 5.41) is 8.82. The molecule has 0 saturated heterocycles. The van der Waals surface area contributed by atoms with E-state index in [1.54, 1.807) is 13.8 Å². The van der Waals surface area contributed by atoms with Crippen molar-refractivity contribution in [2.75, 3.05) is 0 Å². The zero-order chi connectivity index (χ0) is 13.2. The number of carbonyl (C=O) groups is 1. The maximum absolute atomic E-state index is 12.2. The molecule has 1 rings (SSSR count). The lowest BCUT2D eigenvalue weighted by Gasteiger charge is -2.11. The molecule has 0 atom stereocenters. The second-order valence-corrected chi connectivity index (χ2v) is 4.94. The Morgan fingerprint density at radius 3 is 2.29 bits per heavy atom. The Hall–Kier alpha value is -1.17. The maximum atomic E-state index is 12.2. The van der Waals surface area contributed by atoms with Gasteiger partial charge in [0, 0.05) is 4.90 Å². The van der Waals surface area contributed by atoms with Gasteiger partial charge in [0.1, 0.15) is 0 Å². The van der Waals surface area contributed by atoms with Crippen molar-refractivity contribution in [2.45, 2.75) is 30.2 Å². The first-order valence-electron chi connectivity index (χ1n) is 4.83. The Morgan fingerprint density at radius 1 is 1.29 bits per heavy atom. The molecule has 0 amide bonds. The first kappa shape index (κ1) is 13.9. The van der Waals surface area contributed by atoms with Crippen molar-refractivity contribution in [2.24, 2.45) is 0 Å². The molecule has 1 aromatic carbocycles. The Balaban J connectivity index is 3.17. The molecule has 6 heteroatoms. The molecular weight excluding hydrogens is 253 g/mol. The van der Waals surface area contributed by atoms with Crippen LogP contribution in [0.5, 0.6) is 0 Å². The number of hydrogen-bond donors (Lipinski definition) is 1. The van der Waals surface area contributed by atoms with E-state index in [1.807, 2.05) is 0 Å². The normalized spacial score (nSPS) is 11.9. The highest BCUT2D eigenvalue weighted by molar-refractivity contribution is 8.00. The summed E-state index contributed by atoms with van der Waals surface area (Å²) in [6.07, 6.45) is 0. The van der Waals surface area contributed by atoms with E-state index in [-0.39, 0.29) is 28.1 Å². The number of rotatable bonds is 3. The average molecular weight is 264 g/mol. The van der Waals surface area contributed by atoms with Crippen molar-refractivity contribution >= 4 is 17.7 Å². The van der Waals surface area contributed by atoms with Crippen molar-refractivity contribution in [3.05, 3.63) is 29.3 Å². The van der Waals surface area contributed by atoms with Gasteiger partial charge < -0.3 is 5.11 Å². The first-order chi connectivity index (χ1) is 7.69. The summed E-state index contributed by atoms with van der Waals surface area (Å²) in [6.45, 7) is 3.59. The molecule has 17 heavy (non-hydrogen) atoms. The van der Waals surface area contributed by atoms with Crippen molar-refractivity contribution in [3.63, 3.8) is 0 Å². The van der Waals surface area contributed by atoms with Gasteiger partial charge in [-0.25, -0.2) is 4.79 Å². The fourth-order valence-corrected chi connectivity index (χ4v) is 1.92. The highest BCUT2D eigenvalue weighted by Gasteiger charge is 2.29. The summed E-state index contributed by atoms with van der Waals surface area (Å²) in [6, 6.07) is 3.80. The fraction of sp³-hybridized carbons (Fsp3) is 0.364. The Labute approximate surface area is 101 Å². The number of alkyl halides is 3. The van der Waals surface area contributed by atoms with E-state index in [0.29, 0.717) is 5.56 Å². The molecule has 2 nitrogen and oxygen atoms in total. The molecule has 0 radical (unpaired) electrons. The van der Waals surface area contributed by atoms with Crippen LogP contribution in [0.2, 0.25) is 0 Å². The number of carboxylic acid groups (broad SMARTS) is 1. The highest BCUT2D eigenvalue weighted by Crippen LogP contribution is 2.38. The van der Waals surface area contributed by atoms with E-state index in [4.69, 9.17) is 5.11 Å². The molecule has 1 N–H and O–H groups in total. The van der Waals surface area contributed by atoms with Gasteiger partial charge in [0.25, 0.3) is 0 Å². The van der Waals surface area contributed by atoms with Crippen LogP contribution in [0, 0.1) is 0 Å². The zero-order valence-electron chi connectivity index (χ0n) is 9.21. The number of benzene rings is 1. The van der Waals surface area contributed by atoms with E-state index in [1.165, 1.54) is 12.1 Å². The molecule has 0 aliphatic carbocycles. The number of hydrogen-bond acceptors (Lipinski definition) is 2. The molecule has 0 spiro atoms. The number of carboxylic acids is 1. The smallest absolute Gasteiger partial charge is 0.446 e. The maximum Gasteiger partial charge on any atom is 0.446 e. The number of aromatic carboxylic acids is 1. The van der Waals surface area contributed by atoms with E-state index in [0.717, 1.165) is 6.07 Å². The third-order valence-corrected chi connectivity index (χ3v) is 2.78. The largest absolute Gasteiger partial charge is 0.478 e. The van der Waals surface area contributed by atoms with Gasteiger partial charge in [-0.3, -0.25) is 0 Å². The summed E-state index contributed by atoms with van der Waals surface area (Å²) in [5.41, 5.74) is -3.95. The van der Waals surface area contributed by atoms with Gasteiger partial charge in [0.2, 0.25) is 0 Å². The van der Waals surface area contributed by atoms with Crippen LogP contribution in [0.15, 0.2) is 23.1 Å². The van der Waals surface area contributed by atoms with Gasteiger partial charge in [0.05, 0.1) is 5.56 Å². The van der Waals surface area contributed by atoms with Crippen molar-refractivity contribution in [1.82, 2.24) is 0 Å². The molecule has 0 aromatic heterocycles. The Kier molecular flexibility index (Phi) is 4.08. The standard InChI is InChI=1S/C11H11F3O2S/c1-6(2)7-3-8(10(15)16)5-9(4-7)17-11(12,13)14/h3-6H,1-2H3,(H,15,16). The predicted molar refractivity (Wildman–Crippen MR) is 59.4 cm³/mol. The average Bonchev–Trinajstić information content (AvgIpc) is 2.14.